The van der Waals surface area contributed by atoms with E-state index in [0.717, 1.165) is 5.69 Å². The van der Waals surface area contributed by atoms with Crippen LogP contribution in [0.5, 0.6) is 0 Å². The molecule has 1 aromatic carbocycles. The number of aromatic nitrogens is 2. The van der Waals surface area contributed by atoms with Crippen LogP contribution in [0.2, 0.25) is 0 Å². The number of rotatable bonds is 4. The molecule has 2 heterocycles. The summed E-state index contributed by atoms with van der Waals surface area (Å²) in [5.41, 5.74) is 0.626. The zero-order valence-electron chi connectivity index (χ0n) is 17.9. The third-order valence-corrected chi connectivity index (χ3v) is 4.71. The number of anilines is 1. The van der Waals surface area contributed by atoms with E-state index < -0.39 is 11.6 Å². The number of fused-ring (bicyclic) bond motifs is 1. The SMILES string of the molecule is CCOC(=O)Cn1cnc2ccc(N3CCN(C(=O)OC(C)(C)C)CC3)cc2c1=O. The van der Waals surface area contributed by atoms with Gasteiger partial charge in [0.25, 0.3) is 5.56 Å². The van der Waals surface area contributed by atoms with Crippen LogP contribution in [0.15, 0.2) is 29.3 Å². The van der Waals surface area contributed by atoms with Crippen molar-refractivity contribution < 1.29 is 19.1 Å². The Balaban J connectivity index is 1.74. The number of nitrogens with zero attached hydrogens (tertiary/aromatic N) is 4. The van der Waals surface area contributed by atoms with Gasteiger partial charge < -0.3 is 19.3 Å². The molecule has 30 heavy (non-hydrogen) atoms. The summed E-state index contributed by atoms with van der Waals surface area (Å²) in [4.78, 5) is 44.9. The minimum absolute atomic E-state index is 0.172. The van der Waals surface area contributed by atoms with Crippen molar-refractivity contribution in [1.82, 2.24) is 14.5 Å². The minimum Gasteiger partial charge on any atom is -0.465 e. The lowest BCUT2D eigenvalue weighted by atomic mass is 10.2. The average molecular weight is 416 g/mol. The molecule has 2 aromatic rings. The van der Waals surface area contributed by atoms with E-state index in [-0.39, 0.29) is 24.8 Å². The zero-order valence-corrected chi connectivity index (χ0v) is 17.9. The molecule has 162 valence electrons. The molecule has 9 heteroatoms. The lowest BCUT2D eigenvalue weighted by Crippen LogP contribution is -2.50. The van der Waals surface area contributed by atoms with Crippen molar-refractivity contribution >= 4 is 28.7 Å². The highest BCUT2D eigenvalue weighted by Crippen LogP contribution is 2.21. The van der Waals surface area contributed by atoms with E-state index >= 15 is 0 Å². The number of carbonyl (C=O) groups is 2. The molecule has 1 aliphatic heterocycles. The Labute approximate surface area is 175 Å². The van der Waals surface area contributed by atoms with E-state index in [4.69, 9.17) is 9.47 Å². The van der Waals surface area contributed by atoms with Crippen LogP contribution in [0.25, 0.3) is 10.9 Å². The van der Waals surface area contributed by atoms with E-state index in [1.807, 2.05) is 26.8 Å². The number of benzene rings is 1. The Bertz CT molecular complexity index is 987. The molecule has 1 fully saturated rings. The normalized spacial score (nSPS) is 14.7. The molecule has 0 radical (unpaired) electrons. The maximum atomic E-state index is 12.8. The number of carbonyl (C=O) groups excluding carboxylic acids is 2. The molecule has 0 aliphatic carbocycles. The van der Waals surface area contributed by atoms with E-state index in [9.17, 15) is 14.4 Å². The summed E-state index contributed by atoms with van der Waals surface area (Å²) in [6.45, 7) is 9.66. The molecule has 0 atom stereocenters. The molecule has 3 rings (SSSR count). The van der Waals surface area contributed by atoms with Crippen LogP contribution in [0.3, 0.4) is 0 Å². The van der Waals surface area contributed by atoms with E-state index in [1.165, 1.54) is 10.9 Å². The molecule has 1 amide bonds. The standard InChI is InChI=1S/C21H28N4O5/c1-5-29-18(26)13-25-14-22-17-7-6-15(12-16(17)19(25)27)23-8-10-24(11-9-23)20(28)30-21(2,3)4/h6-7,12,14H,5,8-11,13H2,1-4H3. The molecule has 0 N–H and O–H groups in total. The Kier molecular flexibility index (Phi) is 6.28. The fraction of sp³-hybridized carbons (Fsp3) is 0.524. The molecule has 0 bridgehead atoms. The van der Waals surface area contributed by atoms with Gasteiger partial charge in [-0.3, -0.25) is 14.2 Å². The highest BCUT2D eigenvalue weighted by molar-refractivity contribution is 5.82. The van der Waals surface area contributed by atoms with Crippen molar-refractivity contribution in [3.8, 4) is 0 Å². The first-order valence-electron chi connectivity index (χ1n) is 10.1. The third-order valence-electron chi connectivity index (χ3n) is 4.71. The maximum absolute atomic E-state index is 12.8. The topological polar surface area (TPSA) is 94.0 Å². The van der Waals surface area contributed by atoms with Crippen LogP contribution in [-0.4, -0.2) is 64.9 Å². The van der Waals surface area contributed by atoms with Crippen LogP contribution >= 0.6 is 0 Å². The molecule has 1 aromatic heterocycles. The summed E-state index contributed by atoms with van der Waals surface area (Å²) in [6, 6.07) is 5.49. The van der Waals surface area contributed by atoms with Crippen molar-refractivity contribution in [1.29, 1.82) is 0 Å². The first-order valence-corrected chi connectivity index (χ1v) is 10.1. The molecule has 0 saturated carbocycles. The number of esters is 1. The molecule has 1 saturated heterocycles. The summed E-state index contributed by atoms with van der Waals surface area (Å²) in [5.74, 6) is -0.477. The largest absolute Gasteiger partial charge is 0.465 e. The van der Waals surface area contributed by atoms with Gasteiger partial charge in [-0.05, 0) is 45.9 Å². The lowest BCUT2D eigenvalue weighted by Gasteiger charge is -2.36. The molecular formula is C21H28N4O5. The predicted octanol–water partition coefficient (Wildman–Crippen LogP) is 2.02. The second-order valence-corrected chi connectivity index (χ2v) is 8.14. The summed E-state index contributed by atoms with van der Waals surface area (Å²) >= 11 is 0. The van der Waals surface area contributed by atoms with Gasteiger partial charge in [0.2, 0.25) is 0 Å². The van der Waals surface area contributed by atoms with Gasteiger partial charge in [0.1, 0.15) is 12.1 Å². The van der Waals surface area contributed by atoms with Crippen LogP contribution in [-0.2, 0) is 20.8 Å². The van der Waals surface area contributed by atoms with Crippen molar-refractivity contribution in [3.05, 3.63) is 34.9 Å². The van der Waals surface area contributed by atoms with E-state index in [2.05, 4.69) is 9.88 Å². The van der Waals surface area contributed by atoms with Gasteiger partial charge in [-0.15, -0.1) is 0 Å². The maximum Gasteiger partial charge on any atom is 0.410 e. The van der Waals surface area contributed by atoms with Crippen LogP contribution in [0.1, 0.15) is 27.7 Å². The van der Waals surface area contributed by atoms with Gasteiger partial charge >= 0.3 is 12.1 Å². The minimum atomic E-state index is -0.525. The van der Waals surface area contributed by atoms with E-state index in [1.54, 1.807) is 24.0 Å². The zero-order chi connectivity index (χ0) is 21.9. The molecular weight excluding hydrogens is 388 g/mol. The quantitative estimate of drug-likeness (QED) is 0.704. The number of hydrogen-bond acceptors (Lipinski definition) is 7. The van der Waals surface area contributed by atoms with Gasteiger partial charge in [-0.2, -0.15) is 0 Å². The number of piperazine rings is 1. The number of ether oxygens (including phenoxy) is 2. The summed E-state index contributed by atoms with van der Waals surface area (Å²) in [5, 5.41) is 0.439. The van der Waals surface area contributed by atoms with Gasteiger partial charge in [0, 0.05) is 31.9 Å². The molecule has 0 unspecified atom stereocenters. The van der Waals surface area contributed by atoms with Crippen molar-refractivity contribution in [2.24, 2.45) is 0 Å². The Hall–Kier alpha value is -3.10. The van der Waals surface area contributed by atoms with Crippen LogP contribution in [0.4, 0.5) is 10.5 Å². The first kappa shape index (κ1) is 21.6. The summed E-state index contributed by atoms with van der Waals surface area (Å²) in [6.07, 6.45) is 1.05. The second-order valence-electron chi connectivity index (χ2n) is 8.14. The van der Waals surface area contributed by atoms with Crippen molar-refractivity contribution in [2.45, 2.75) is 39.8 Å². The Morgan fingerprint density at radius 2 is 1.83 bits per heavy atom. The van der Waals surface area contributed by atoms with Gasteiger partial charge in [0.15, 0.2) is 0 Å². The van der Waals surface area contributed by atoms with Crippen LogP contribution in [0, 0.1) is 0 Å². The predicted molar refractivity (Wildman–Crippen MR) is 113 cm³/mol. The van der Waals surface area contributed by atoms with Gasteiger partial charge in [-0.25, -0.2) is 9.78 Å². The highest BCUT2D eigenvalue weighted by Gasteiger charge is 2.26. The summed E-state index contributed by atoms with van der Waals surface area (Å²) in [7, 11) is 0. The molecule has 0 spiro atoms. The molecule has 1 aliphatic rings. The second kappa shape index (κ2) is 8.73. The smallest absolute Gasteiger partial charge is 0.410 e. The highest BCUT2D eigenvalue weighted by atomic mass is 16.6. The number of amides is 1. The first-order chi connectivity index (χ1) is 14.2. The third kappa shape index (κ3) is 5.08. The molecule has 9 nitrogen and oxygen atoms in total. The fourth-order valence-electron chi connectivity index (χ4n) is 3.28. The van der Waals surface area contributed by atoms with E-state index in [0.29, 0.717) is 37.1 Å². The fourth-order valence-corrected chi connectivity index (χ4v) is 3.28. The lowest BCUT2D eigenvalue weighted by molar-refractivity contribution is -0.143. The average Bonchev–Trinajstić information content (AvgIpc) is 2.69. The van der Waals surface area contributed by atoms with Gasteiger partial charge in [-0.1, -0.05) is 0 Å². The van der Waals surface area contributed by atoms with Crippen LogP contribution < -0.4 is 10.5 Å². The monoisotopic (exact) mass is 416 g/mol. The summed E-state index contributed by atoms with van der Waals surface area (Å²) < 4.78 is 11.6. The van der Waals surface area contributed by atoms with Gasteiger partial charge in [0.05, 0.1) is 23.8 Å². The van der Waals surface area contributed by atoms with Crippen molar-refractivity contribution in [3.63, 3.8) is 0 Å². The Morgan fingerprint density at radius 3 is 2.47 bits per heavy atom. The Morgan fingerprint density at radius 1 is 1.13 bits per heavy atom. The number of hydrogen-bond donors (Lipinski definition) is 0. The van der Waals surface area contributed by atoms with Crippen molar-refractivity contribution in [2.75, 3.05) is 37.7 Å².